The van der Waals surface area contributed by atoms with Crippen molar-refractivity contribution in [2.45, 2.75) is 31.2 Å². The summed E-state index contributed by atoms with van der Waals surface area (Å²) in [5.74, 6) is -0.536. The third-order valence-electron chi connectivity index (χ3n) is 2.97. The molecule has 0 saturated carbocycles. The normalized spacial score (nSPS) is 13.0. The second kappa shape index (κ2) is 7.46. The smallest absolute Gasteiger partial charge is 0.321 e. The fourth-order valence-corrected chi connectivity index (χ4v) is 3.13. The number of carboxylic acid groups (broad SMARTS) is 1. The van der Waals surface area contributed by atoms with Crippen LogP contribution in [0.4, 0.5) is 0 Å². The third kappa shape index (κ3) is 4.60. The lowest BCUT2D eigenvalue weighted by atomic mass is 10.1. The van der Waals surface area contributed by atoms with E-state index in [1.54, 1.807) is 0 Å². The molecule has 0 unspecified atom stereocenters. The summed E-state index contributed by atoms with van der Waals surface area (Å²) in [4.78, 5) is 11.1. The van der Waals surface area contributed by atoms with Gasteiger partial charge in [-0.05, 0) is 24.5 Å². The molecule has 2 N–H and O–H groups in total. The van der Waals surface area contributed by atoms with Crippen molar-refractivity contribution in [3.63, 3.8) is 0 Å². The third-order valence-corrected chi connectivity index (χ3v) is 4.44. The maximum Gasteiger partial charge on any atom is 0.321 e. The minimum absolute atomic E-state index is 0.0363. The van der Waals surface area contributed by atoms with Crippen LogP contribution in [0.25, 0.3) is 0 Å². The average molecular weight is 331 g/mol. The van der Waals surface area contributed by atoms with E-state index in [1.165, 1.54) is 32.4 Å². The molecule has 1 aromatic rings. The van der Waals surface area contributed by atoms with Crippen molar-refractivity contribution in [1.29, 1.82) is 0 Å². The predicted octanol–water partition coefficient (Wildman–Crippen LogP) is 1.48. The molecule has 0 aromatic heterocycles. The number of rotatable bonds is 8. The van der Waals surface area contributed by atoms with Gasteiger partial charge in [-0.2, -0.15) is 4.72 Å². The van der Waals surface area contributed by atoms with E-state index in [-0.39, 0.29) is 23.0 Å². The van der Waals surface area contributed by atoms with Gasteiger partial charge in [-0.3, -0.25) is 4.79 Å². The van der Waals surface area contributed by atoms with Gasteiger partial charge in [0.15, 0.2) is 11.5 Å². The number of ether oxygens (including phenoxy) is 2. The Labute approximate surface area is 130 Å². The van der Waals surface area contributed by atoms with Gasteiger partial charge in [0.25, 0.3) is 0 Å². The van der Waals surface area contributed by atoms with Crippen LogP contribution in [0.5, 0.6) is 11.5 Å². The van der Waals surface area contributed by atoms with Gasteiger partial charge >= 0.3 is 5.97 Å². The van der Waals surface area contributed by atoms with Gasteiger partial charge in [0.05, 0.1) is 19.1 Å². The van der Waals surface area contributed by atoms with Crippen molar-refractivity contribution < 1.29 is 27.8 Å². The highest BCUT2D eigenvalue weighted by Gasteiger charge is 2.26. The Morgan fingerprint density at radius 2 is 1.82 bits per heavy atom. The lowest BCUT2D eigenvalue weighted by Crippen LogP contribution is -2.41. The Kier molecular flexibility index (Phi) is 6.19. The first-order valence-electron chi connectivity index (χ1n) is 6.68. The van der Waals surface area contributed by atoms with Crippen LogP contribution in [-0.4, -0.2) is 39.8 Å². The Morgan fingerprint density at radius 1 is 1.23 bits per heavy atom. The summed E-state index contributed by atoms with van der Waals surface area (Å²) < 4.78 is 37.0. The van der Waals surface area contributed by atoms with E-state index in [4.69, 9.17) is 14.6 Å². The fraction of sp³-hybridized carbons (Fsp3) is 0.500. The number of carboxylic acids is 1. The minimum atomic E-state index is -3.97. The maximum absolute atomic E-state index is 12.3. The Morgan fingerprint density at radius 3 is 2.27 bits per heavy atom. The van der Waals surface area contributed by atoms with E-state index < -0.39 is 22.0 Å². The first-order chi connectivity index (χ1) is 10.2. The maximum atomic E-state index is 12.3. The van der Waals surface area contributed by atoms with Crippen LogP contribution in [0.1, 0.15) is 20.3 Å². The second-order valence-corrected chi connectivity index (χ2v) is 6.87. The van der Waals surface area contributed by atoms with Crippen LogP contribution < -0.4 is 14.2 Å². The van der Waals surface area contributed by atoms with Crippen LogP contribution >= 0.6 is 0 Å². The topological polar surface area (TPSA) is 102 Å². The molecule has 0 heterocycles. The monoisotopic (exact) mass is 331 g/mol. The van der Waals surface area contributed by atoms with Crippen molar-refractivity contribution in [2.24, 2.45) is 5.92 Å². The van der Waals surface area contributed by atoms with Crippen LogP contribution in [0.15, 0.2) is 23.1 Å². The zero-order chi connectivity index (χ0) is 16.9. The standard InChI is InChI=1S/C14H21NO6S/c1-9(2)7-11(14(16)17)15-22(18,19)10-5-6-12(20-3)13(8-10)21-4/h5-6,8-9,11,15H,7H2,1-4H3,(H,16,17)/t11-/m1/s1. The van der Waals surface area contributed by atoms with Crippen molar-refractivity contribution in [3.05, 3.63) is 18.2 Å². The summed E-state index contributed by atoms with van der Waals surface area (Å²) in [7, 11) is -1.15. The molecule has 0 bridgehead atoms. The van der Waals surface area contributed by atoms with E-state index in [0.717, 1.165) is 0 Å². The summed E-state index contributed by atoms with van der Waals surface area (Å²) in [6, 6.07) is 2.89. The molecule has 0 aliphatic carbocycles. The Balaban J connectivity index is 3.10. The lowest BCUT2D eigenvalue weighted by Gasteiger charge is -2.17. The van der Waals surface area contributed by atoms with E-state index >= 15 is 0 Å². The molecule has 22 heavy (non-hydrogen) atoms. The molecule has 0 aliphatic heterocycles. The number of sulfonamides is 1. The highest BCUT2D eigenvalue weighted by Crippen LogP contribution is 2.29. The Hall–Kier alpha value is -1.80. The highest BCUT2D eigenvalue weighted by atomic mass is 32.2. The van der Waals surface area contributed by atoms with Crippen molar-refractivity contribution in [1.82, 2.24) is 4.72 Å². The first kappa shape index (κ1) is 18.2. The molecule has 1 aromatic carbocycles. The zero-order valence-electron chi connectivity index (χ0n) is 13.0. The van der Waals surface area contributed by atoms with Gasteiger partial charge in [-0.15, -0.1) is 0 Å². The number of nitrogens with one attached hydrogen (secondary N) is 1. The molecule has 124 valence electrons. The largest absolute Gasteiger partial charge is 0.493 e. The Bertz CT molecular complexity index is 626. The van der Waals surface area contributed by atoms with Gasteiger partial charge in [0.1, 0.15) is 6.04 Å². The summed E-state index contributed by atoms with van der Waals surface area (Å²) >= 11 is 0. The van der Waals surface area contributed by atoms with Crippen molar-refractivity contribution in [2.75, 3.05) is 14.2 Å². The molecular formula is C14H21NO6S. The molecule has 0 spiro atoms. The molecule has 0 fully saturated rings. The van der Waals surface area contributed by atoms with Crippen molar-refractivity contribution >= 4 is 16.0 Å². The summed E-state index contributed by atoms with van der Waals surface area (Å²) in [6.07, 6.45) is 0.196. The average Bonchev–Trinajstić information content (AvgIpc) is 2.44. The highest BCUT2D eigenvalue weighted by molar-refractivity contribution is 7.89. The number of aliphatic carboxylic acids is 1. The molecule has 1 atom stereocenters. The molecule has 0 aliphatic rings. The second-order valence-electron chi connectivity index (χ2n) is 5.16. The summed E-state index contributed by atoms with van der Waals surface area (Å²) in [5.41, 5.74) is 0. The SMILES string of the molecule is COc1ccc(S(=O)(=O)N[C@H](CC(C)C)C(=O)O)cc1OC. The molecule has 1 rings (SSSR count). The van der Waals surface area contributed by atoms with Gasteiger partial charge in [-0.1, -0.05) is 13.8 Å². The quantitative estimate of drug-likeness (QED) is 0.748. The molecule has 7 nitrogen and oxygen atoms in total. The summed E-state index contributed by atoms with van der Waals surface area (Å²) in [5, 5.41) is 9.14. The van der Waals surface area contributed by atoms with Gasteiger partial charge in [0, 0.05) is 6.07 Å². The van der Waals surface area contributed by atoms with Crippen LogP contribution in [0.3, 0.4) is 0 Å². The number of hydrogen-bond donors (Lipinski definition) is 2. The van der Waals surface area contributed by atoms with Crippen LogP contribution in [0.2, 0.25) is 0 Å². The molecule has 8 heteroatoms. The number of benzene rings is 1. The van der Waals surface area contributed by atoms with Crippen LogP contribution in [0, 0.1) is 5.92 Å². The van der Waals surface area contributed by atoms with Crippen LogP contribution in [-0.2, 0) is 14.8 Å². The number of methoxy groups -OCH3 is 2. The fourth-order valence-electron chi connectivity index (χ4n) is 1.91. The molecular weight excluding hydrogens is 310 g/mol. The van der Waals surface area contributed by atoms with E-state index in [0.29, 0.717) is 5.75 Å². The zero-order valence-corrected chi connectivity index (χ0v) is 13.8. The molecule has 0 radical (unpaired) electrons. The van der Waals surface area contributed by atoms with E-state index in [2.05, 4.69) is 4.72 Å². The summed E-state index contributed by atoms with van der Waals surface area (Å²) in [6.45, 7) is 3.64. The number of carbonyl (C=O) groups is 1. The van der Waals surface area contributed by atoms with Gasteiger partial charge in [-0.25, -0.2) is 8.42 Å². The molecule has 0 amide bonds. The predicted molar refractivity (Wildman–Crippen MR) is 80.7 cm³/mol. The lowest BCUT2D eigenvalue weighted by molar-refractivity contribution is -0.139. The number of hydrogen-bond acceptors (Lipinski definition) is 5. The molecule has 0 saturated heterocycles. The van der Waals surface area contributed by atoms with E-state index in [9.17, 15) is 13.2 Å². The van der Waals surface area contributed by atoms with Crippen molar-refractivity contribution in [3.8, 4) is 11.5 Å². The van der Waals surface area contributed by atoms with Gasteiger partial charge in [0.2, 0.25) is 10.0 Å². The van der Waals surface area contributed by atoms with Gasteiger partial charge < -0.3 is 14.6 Å². The first-order valence-corrected chi connectivity index (χ1v) is 8.16. The minimum Gasteiger partial charge on any atom is -0.493 e. The van der Waals surface area contributed by atoms with E-state index in [1.807, 2.05) is 13.8 Å².